The zero-order valence-electron chi connectivity index (χ0n) is 10.6. The molecule has 0 radical (unpaired) electrons. The molecule has 1 aliphatic rings. The topological polar surface area (TPSA) is 21.3 Å². The maximum Gasteiger partial charge on any atom is 0.0549 e. The Kier molecular flexibility index (Phi) is 5.62. The van der Waals surface area contributed by atoms with E-state index in [1.807, 2.05) is 7.11 Å². The molecule has 90 valence electrons. The average Bonchev–Trinajstić information content (AvgIpc) is 2.27. The van der Waals surface area contributed by atoms with E-state index in [4.69, 9.17) is 4.74 Å². The summed E-state index contributed by atoms with van der Waals surface area (Å²) in [6, 6.07) is 0. The molecular formula is C13H27NO. The Morgan fingerprint density at radius 2 is 1.93 bits per heavy atom. The predicted molar refractivity (Wildman–Crippen MR) is 65.1 cm³/mol. The van der Waals surface area contributed by atoms with Gasteiger partial charge >= 0.3 is 0 Å². The molecule has 0 aromatic heterocycles. The van der Waals surface area contributed by atoms with Gasteiger partial charge in [0.15, 0.2) is 0 Å². The standard InChI is InChI=1S/C13H27NO/c1-4-14-11-13(10-12(2)15-3)8-6-5-7-9-13/h12,14H,4-11H2,1-3H3. The van der Waals surface area contributed by atoms with Gasteiger partial charge in [0.2, 0.25) is 0 Å². The lowest BCUT2D eigenvalue weighted by atomic mass is 9.70. The van der Waals surface area contributed by atoms with E-state index in [2.05, 4.69) is 19.2 Å². The molecule has 0 heterocycles. The molecule has 1 unspecified atom stereocenters. The highest BCUT2D eigenvalue weighted by Gasteiger charge is 2.32. The Labute approximate surface area is 94.8 Å². The van der Waals surface area contributed by atoms with Crippen molar-refractivity contribution >= 4 is 0 Å². The van der Waals surface area contributed by atoms with Gasteiger partial charge in [0.1, 0.15) is 0 Å². The first-order valence-corrected chi connectivity index (χ1v) is 6.46. The number of methoxy groups -OCH3 is 1. The van der Waals surface area contributed by atoms with Gasteiger partial charge < -0.3 is 10.1 Å². The van der Waals surface area contributed by atoms with Gasteiger partial charge in [0.25, 0.3) is 0 Å². The summed E-state index contributed by atoms with van der Waals surface area (Å²) in [5.41, 5.74) is 0.518. The Morgan fingerprint density at radius 3 is 2.47 bits per heavy atom. The number of hydrogen-bond donors (Lipinski definition) is 1. The molecule has 0 saturated heterocycles. The molecule has 1 fully saturated rings. The number of hydrogen-bond acceptors (Lipinski definition) is 2. The van der Waals surface area contributed by atoms with Gasteiger partial charge in [0.05, 0.1) is 6.10 Å². The van der Waals surface area contributed by atoms with E-state index in [1.165, 1.54) is 45.1 Å². The molecule has 1 saturated carbocycles. The van der Waals surface area contributed by atoms with E-state index in [9.17, 15) is 0 Å². The quantitative estimate of drug-likeness (QED) is 0.732. The maximum atomic E-state index is 5.43. The zero-order chi connectivity index (χ0) is 11.1. The minimum atomic E-state index is 0.404. The smallest absolute Gasteiger partial charge is 0.0549 e. The number of rotatable bonds is 6. The first-order chi connectivity index (χ1) is 7.22. The van der Waals surface area contributed by atoms with Gasteiger partial charge in [-0.2, -0.15) is 0 Å². The van der Waals surface area contributed by atoms with Crippen LogP contribution < -0.4 is 5.32 Å². The molecule has 15 heavy (non-hydrogen) atoms. The molecule has 0 aromatic rings. The first kappa shape index (κ1) is 13.0. The van der Waals surface area contributed by atoms with Gasteiger partial charge in [-0.05, 0) is 38.1 Å². The van der Waals surface area contributed by atoms with E-state index in [-0.39, 0.29) is 0 Å². The third-order valence-corrected chi connectivity index (χ3v) is 3.79. The largest absolute Gasteiger partial charge is 0.382 e. The lowest BCUT2D eigenvalue weighted by Gasteiger charge is -2.39. The Morgan fingerprint density at radius 1 is 1.27 bits per heavy atom. The molecule has 1 aliphatic carbocycles. The van der Waals surface area contributed by atoms with Crippen LogP contribution in [0.3, 0.4) is 0 Å². The molecule has 0 spiro atoms. The second-order valence-corrected chi connectivity index (χ2v) is 5.09. The molecule has 0 aromatic carbocycles. The summed E-state index contributed by atoms with van der Waals surface area (Å²) in [5.74, 6) is 0. The van der Waals surface area contributed by atoms with Crippen molar-refractivity contribution in [1.29, 1.82) is 0 Å². The minimum absolute atomic E-state index is 0.404. The van der Waals surface area contributed by atoms with E-state index in [1.54, 1.807) is 0 Å². The Balaban J connectivity index is 2.49. The van der Waals surface area contributed by atoms with Crippen molar-refractivity contribution < 1.29 is 4.74 Å². The van der Waals surface area contributed by atoms with Crippen LogP contribution in [0.25, 0.3) is 0 Å². The third-order valence-electron chi connectivity index (χ3n) is 3.79. The van der Waals surface area contributed by atoms with Crippen LogP contribution in [-0.4, -0.2) is 26.3 Å². The van der Waals surface area contributed by atoms with Crippen LogP contribution >= 0.6 is 0 Å². The van der Waals surface area contributed by atoms with E-state index in [0.29, 0.717) is 11.5 Å². The Hall–Kier alpha value is -0.0800. The molecule has 2 nitrogen and oxygen atoms in total. The molecule has 1 N–H and O–H groups in total. The van der Waals surface area contributed by atoms with Crippen LogP contribution in [0.4, 0.5) is 0 Å². The molecule has 0 amide bonds. The summed E-state index contributed by atoms with van der Waals surface area (Å²) in [7, 11) is 1.83. The van der Waals surface area contributed by atoms with Crippen molar-refractivity contribution in [3.63, 3.8) is 0 Å². The molecule has 1 atom stereocenters. The molecular weight excluding hydrogens is 186 g/mol. The highest BCUT2D eigenvalue weighted by Crippen LogP contribution is 2.40. The van der Waals surface area contributed by atoms with Crippen LogP contribution in [0.5, 0.6) is 0 Å². The van der Waals surface area contributed by atoms with Crippen LogP contribution in [-0.2, 0) is 4.74 Å². The maximum absolute atomic E-state index is 5.43. The van der Waals surface area contributed by atoms with Crippen molar-refractivity contribution in [2.45, 2.75) is 58.5 Å². The highest BCUT2D eigenvalue weighted by atomic mass is 16.5. The molecule has 1 rings (SSSR count). The lowest BCUT2D eigenvalue weighted by Crippen LogP contribution is -2.38. The lowest BCUT2D eigenvalue weighted by molar-refractivity contribution is 0.0453. The third kappa shape index (κ3) is 4.12. The highest BCUT2D eigenvalue weighted by molar-refractivity contribution is 4.86. The van der Waals surface area contributed by atoms with E-state index < -0.39 is 0 Å². The van der Waals surface area contributed by atoms with Crippen molar-refractivity contribution in [2.75, 3.05) is 20.2 Å². The second-order valence-electron chi connectivity index (χ2n) is 5.09. The van der Waals surface area contributed by atoms with Crippen LogP contribution in [0.15, 0.2) is 0 Å². The predicted octanol–water partition coefficient (Wildman–Crippen LogP) is 2.97. The van der Waals surface area contributed by atoms with Gasteiger partial charge in [-0.25, -0.2) is 0 Å². The summed E-state index contributed by atoms with van der Waals surface area (Å²) >= 11 is 0. The molecule has 2 heteroatoms. The van der Waals surface area contributed by atoms with Crippen LogP contribution in [0.2, 0.25) is 0 Å². The average molecular weight is 213 g/mol. The zero-order valence-corrected chi connectivity index (χ0v) is 10.6. The summed E-state index contributed by atoms with van der Waals surface area (Å²) in [5, 5.41) is 3.53. The minimum Gasteiger partial charge on any atom is -0.382 e. The first-order valence-electron chi connectivity index (χ1n) is 6.46. The normalized spacial score (nSPS) is 22.6. The van der Waals surface area contributed by atoms with E-state index in [0.717, 1.165) is 6.54 Å². The summed E-state index contributed by atoms with van der Waals surface area (Å²) in [4.78, 5) is 0. The van der Waals surface area contributed by atoms with Gasteiger partial charge in [-0.3, -0.25) is 0 Å². The Bertz CT molecular complexity index is 164. The van der Waals surface area contributed by atoms with Crippen molar-refractivity contribution in [3.05, 3.63) is 0 Å². The van der Waals surface area contributed by atoms with Gasteiger partial charge in [0, 0.05) is 13.7 Å². The van der Waals surface area contributed by atoms with Crippen molar-refractivity contribution in [1.82, 2.24) is 5.32 Å². The fourth-order valence-corrected chi connectivity index (χ4v) is 2.84. The summed E-state index contributed by atoms with van der Waals surface area (Å²) < 4.78 is 5.43. The summed E-state index contributed by atoms with van der Waals surface area (Å²) in [6.45, 7) is 6.65. The fourth-order valence-electron chi connectivity index (χ4n) is 2.84. The monoisotopic (exact) mass is 213 g/mol. The SMILES string of the molecule is CCNCC1(CC(C)OC)CCCCC1. The molecule has 0 aliphatic heterocycles. The number of nitrogens with one attached hydrogen (secondary N) is 1. The van der Waals surface area contributed by atoms with Gasteiger partial charge in [-0.15, -0.1) is 0 Å². The van der Waals surface area contributed by atoms with Gasteiger partial charge in [-0.1, -0.05) is 26.2 Å². The van der Waals surface area contributed by atoms with Crippen LogP contribution in [0.1, 0.15) is 52.4 Å². The second kappa shape index (κ2) is 6.49. The van der Waals surface area contributed by atoms with E-state index >= 15 is 0 Å². The number of ether oxygens (including phenoxy) is 1. The fraction of sp³-hybridized carbons (Fsp3) is 1.00. The van der Waals surface area contributed by atoms with Crippen molar-refractivity contribution in [2.24, 2.45) is 5.41 Å². The molecule has 0 bridgehead atoms. The van der Waals surface area contributed by atoms with Crippen molar-refractivity contribution in [3.8, 4) is 0 Å². The summed E-state index contributed by atoms with van der Waals surface area (Å²) in [6.07, 6.45) is 8.62. The van der Waals surface area contributed by atoms with Crippen LogP contribution in [0, 0.1) is 5.41 Å².